The van der Waals surface area contributed by atoms with Crippen molar-refractivity contribution in [2.24, 2.45) is 11.7 Å². The van der Waals surface area contributed by atoms with E-state index in [1.54, 1.807) is 0 Å². The van der Waals surface area contributed by atoms with Crippen LogP contribution in [0.5, 0.6) is 0 Å². The summed E-state index contributed by atoms with van der Waals surface area (Å²) >= 11 is 0. The van der Waals surface area contributed by atoms with Crippen LogP contribution in [0.1, 0.15) is 31.2 Å². The van der Waals surface area contributed by atoms with Crippen molar-refractivity contribution in [3.8, 4) is 0 Å². The van der Waals surface area contributed by atoms with Gasteiger partial charge in [0.15, 0.2) is 0 Å². The third-order valence-electron chi connectivity index (χ3n) is 3.95. The van der Waals surface area contributed by atoms with Crippen LogP contribution in [-0.4, -0.2) is 17.6 Å². The lowest BCUT2D eigenvalue weighted by molar-refractivity contribution is -0.144. The van der Waals surface area contributed by atoms with Crippen molar-refractivity contribution < 1.29 is 9.90 Å². The van der Waals surface area contributed by atoms with Crippen molar-refractivity contribution in [3.05, 3.63) is 35.9 Å². The molecule has 1 saturated carbocycles. The third-order valence-corrected chi connectivity index (χ3v) is 3.95. The summed E-state index contributed by atoms with van der Waals surface area (Å²) in [6.45, 7) is 0.169. The zero-order valence-electron chi connectivity index (χ0n) is 9.93. The standard InChI is InChI=1S/C14H19NO2/c15-10-14(13(16)17,9-11-5-4-6-11)12-7-2-1-3-8-12/h1-3,7-8,11H,4-6,9-10,15H2,(H,16,17). The minimum atomic E-state index is -0.896. The fourth-order valence-electron chi connectivity index (χ4n) is 2.56. The van der Waals surface area contributed by atoms with E-state index >= 15 is 0 Å². The second-order valence-electron chi connectivity index (χ2n) is 4.96. The zero-order chi connectivity index (χ0) is 12.3. The summed E-state index contributed by atoms with van der Waals surface area (Å²) in [6, 6.07) is 9.40. The molecule has 0 heterocycles. The van der Waals surface area contributed by atoms with Crippen LogP contribution in [-0.2, 0) is 10.2 Å². The largest absolute Gasteiger partial charge is 0.481 e. The first kappa shape index (κ1) is 12.1. The molecule has 0 aromatic heterocycles. The van der Waals surface area contributed by atoms with Gasteiger partial charge in [0.1, 0.15) is 5.41 Å². The van der Waals surface area contributed by atoms with E-state index in [1.807, 2.05) is 30.3 Å². The molecule has 1 aromatic rings. The maximum absolute atomic E-state index is 11.6. The van der Waals surface area contributed by atoms with Gasteiger partial charge in [-0.2, -0.15) is 0 Å². The molecule has 0 bridgehead atoms. The van der Waals surface area contributed by atoms with Crippen LogP contribution < -0.4 is 5.73 Å². The summed E-state index contributed by atoms with van der Waals surface area (Å²) in [6.07, 6.45) is 4.17. The third kappa shape index (κ3) is 2.20. The Balaban J connectivity index is 2.31. The molecule has 1 aromatic carbocycles. The lowest BCUT2D eigenvalue weighted by Gasteiger charge is -2.36. The molecule has 3 nitrogen and oxygen atoms in total. The number of hydrogen-bond donors (Lipinski definition) is 2. The Morgan fingerprint density at radius 1 is 1.35 bits per heavy atom. The van der Waals surface area contributed by atoms with Crippen molar-refractivity contribution in [2.75, 3.05) is 6.54 Å². The second-order valence-corrected chi connectivity index (χ2v) is 4.96. The Labute approximate surface area is 102 Å². The van der Waals surface area contributed by atoms with Gasteiger partial charge in [-0.25, -0.2) is 0 Å². The zero-order valence-corrected chi connectivity index (χ0v) is 9.93. The van der Waals surface area contributed by atoms with E-state index in [1.165, 1.54) is 6.42 Å². The molecule has 1 unspecified atom stereocenters. The van der Waals surface area contributed by atoms with E-state index in [2.05, 4.69) is 0 Å². The van der Waals surface area contributed by atoms with Gasteiger partial charge in [0.25, 0.3) is 0 Å². The highest BCUT2D eigenvalue weighted by Crippen LogP contribution is 2.39. The molecular formula is C14H19NO2. The number of aliphatic carboxylic acids is 1. The van der Waals surface area contributed by atoms with Gasteiger partial charge in [-0.1, -0.05) is 49.6 Å². The molecule has 0 aliphatic heterocycles. The lowest BCUT2D eigenvalue weighted by atomic mass is 9.68. The van der Waals surface area contributed by atoms with E-state index in [4.69, 9.17) is 5.73 Å². The highest BCUT2D eigenvalue weighted by atomic mass is 16.4. The number of hydrogen-bond acceptors (Lipinski definition) is 2. The van der Waals surface area contributed by atoms with E-state index in [0.29, 0.717) is 12.3 Å². The first-order valence-electron chi connectivity index (χ1n) is 6.18. The number of carbonyl (C=O) groups is 1. The quantitative estimate of drug-likeness (QED) is 0.819. The van der Waals surface area contributed by atoms with Crippen molar-refractivity contribution in [3.63, 3.8) is 0 Å². The van der Waals surface area contributed by atoms with Gasteiger partial charge in [-0.15, -0.1) is 0 Å². The maximum atomic E-state index is 11.6. The Morgan fingerprint density at radius 3 is 2.41 bits per heavy atom. The molecule has 3 N–H and O–H groups in total. The number of carboxylic acid groups (broad SMARTS) is 1. The van der Waals surface area contributed by atoms with Crippen LogP contribution in [0.15, 0.2) is 30.3 Å². The van der Waals surface area contributed by atoms with Crippen LogP contribution in [0.4, 0.5) is 0 Å². The van der Waals surface area contributed by atoms with Gasteiger partial charge >= 0.3 is 5.97 Å². The first-order chi connectivity index (χ1) is 8.19. The monoisotopic (exact) mass is 233 g/mol. The molecule has 0 amide bonds. The van der Waals surface area contributed by atoms with Gasteiger partial charge in [0.05, 0.1) is 0 Å². The van der Waals surface area contributed by atoms with Gasteiger partial charge in [0.2, 0.25) is 0 Å². The van der Waals surface area contributed by atoms with E-state index in [0.717, 1.165) is 18.4 Å². The Kier molecular flexibility index (Phi) is 3.48. The minimum Gasteiger partial charge on any atom is -0.481 e. The van der Waals surface area contributed by atoms with Crippen LogP contribution in [0.2, 0.25) is 0 Å². The van der Waals surface area contributed by atoms with E-state index in [-0.39, 0.29) is 6.54 Å². The molecule has 0 radical (unpaired) electrons. The molecule has 1 aliphatic carbocycles. The van der Waals surface area contributed by atoms with Crippen LogP contribution in [0, 0.1) is 5.92 Å². The summed E-state index contributed by atoms with van der Waals surface area (Å²) in [7, 11) is 0. The normalized spacial score (nSPS) is 19.4. The molecule has 1 fully saturated rings. The van der Waals surface area contributed by atoms with Crippen LogP contribution in [0.25, 0.3) is 0 Å². The fraction of sp³-hybridized carbons (Fsp3) is 0.500. The smallest absolute Gasteiger partial charge is 0.315 e. The van der Waals surface area contributed by atoms with Gasteiger partial charge < -0.3 is 10.8 Å². The number of benzene rings is 1. The summed E-state index contributed by atoms with van der Waals surface area (Å²) in [5.41, 5.74) is 5.73. The van der Waals surface area contributed by atoms with Crippen molar-refractivity contribution in [1.82, 2.24) is 0 Å². The highest BCUT2D eigenvalue weighted by Gasteiger charge is 2.42. The first-order valence-corrected chi connectivity index (χ1v) is 6.18. The van der Waals surface area contributed by atoms with Crippen molar-refractivity contribution in [2.45, 2.75) is 31.1 Å². The Bertz CT molecular complexity index is 386. The van der Waals surface area contributed by atoms with Gasteiger partial charge in [-0.05, 0) is 17.9 Å². The SMILES string of the molecule is NCC(CC1CCC1)(C(=O)O)c1ccccc1. The van der Waals surface area contributed by atoms with Gasteiger partial charge in [-0.3, -0.25) is 4.79 Å². The molecule has 1 atom stereocenters. The molecular weight excluding hydrogens is 214 g/mol. The summed E-state index contributed by atoms with van der Waals surface area (Å²) in [5, 5.41) is 9.57. The maximum Gasteiger partial charge on any atom is 0.315 e. The molecule has 2 rings (SSSR count). The Morgan fingerprint density at radius 2 is 2.00 bits per heavy atom. The van der Waals surface area contributed by atoms with Gasteiger partial charge in [0, 0.05) is 6.54 Å². The average Bonchev–Trinajstić information content (AvgIpc) is 2.29. The molecule has 92 valence electrons. The minimum absolute atomic E-state index is 0.169. The second kappa shape index (κ2) is 4.88. The number of rotatable bonds is 5. The van der Waals surface area contributed by atoms with E-state index < -0.39 is 11.4 Å². The summed E-state index contributed by atoms with van der Waals surface area (Å²) in [4.78, 5) is 11.6. The molecule has 1 aliphatic rings. The van der Waals surface area contributed by atoms with E-state index in [9.17, 15) is 9.90 Å². The number of carboxylic acids is 1. The predicted molar refractivity (Wildman–Crippen MR) is 66.8 cm³/mol. The topological polar surface area (TPSA) is 63.3 Å². The fourth-order valence-corrected chi connectivity index (χ4v) is 2.56. The van der Waals surface area contributed by atoms with Crippen LogP contribution >= 0.6 is 0 Å². The molecule has 17 heavy (non-hydrogen) atoms. The highest BCUT2D eigenvalue weighted by molar-refractivity contribution is 5.81. The predicted octanol–water partition coefficient (Wildman–Crippen LogP) is 2.16. The summed E-state index contributed by atoms with van der Waals surface area (Å²) < 4.78 is 0. The number of nitrogens with two attached hydrogens (primary N) is 1. The van der Waals surface area contributed by atoms with Crippen molar-refractivity contribution >= 4 is 5.97 Å². The Hall–Kier alpha value is -1.35. The summed E-state index contributed by atoms with van der Waals surface area (Å²) in [5.74, 6) is -0.270. The molecule has 3 heteroatoms. The lowest BCUT2D eigenvalue weighted by Crippen LogP contribution is -2.45. The molecule has 0 spiro atoms. The average molecular weight is 233 g/mol. The molecule has 0 saturated heterocycles. The van der Waals surface area contributed by atoms with Crippen molar-refractivity contribution in [1.29, 1.82) is 0 Å². The van der Waals surface area contributed by atoms with Crippen LogP contribution in [0.3, 0.4) is 0 Å².